The van der Waals surface area contributed by atoms with Gasteiger partial charge in [0.25, 0.3) is 0 Å². The van der Waals surface area contributed by atoms with Crippen molar-refractivity contribution in [2.75, 3.05) is 23.3 Å². The number of nitrogens with zero attached hydrogens (tertiary/aromatic N) is 1. The van der Waals surface area contributed by atoms with E-state index in [1.165, 1.54) is 0 Å². The Kier molecular flexibility index (Phi) is 4.44. The van der Waals surface area contributed by atoms with Crippen LogP contribution in [0.15, 0.2) is 36.4 Å². The van der Waals surface area contributed by atoms with Crippen LogP contribution in [0.4, 0.5) is 11.4 Å². The van der Waals surface area contributed by atoms with Crippen molar-refractivity contribution in [2.24, 2.45) is 0 Å². The maximum Gasteiger partial charge on any atom is 0.331 e. The average Bonchev–Trinajstić information content (AvgIpc) is 2.51. The van der Waals surface area contributed by atoms with Crippen molar-refractivity contribution in [3.8, 4) is 5.75 Å². The number of ether oxygens (including phenoxy) is 1. The Morgan fingerprint density at radius 2 is 2.04 bits per heavy atom. The summed E-state index contributed by atoms with van der Waals surface area (Å²) >= 11 is 6.07. The lowest BCUT2D eigenvalue weighted by Gasteiger charge is -2.29. The summed E-state index contributed by atoms with van der Waals surface area (Å²) in [4.78, 5) is 25.8. The van der Waals surface area contributed by atoms with Crippen LogP contribution in [0, 0.1) is 13.8 Å². The largest absolute Gasteiger partial charge is 0.423 e. The first-order valence-corrected chi connectivity index (χ1v) is 7.92. The van der Waals surface area contributed by atoms with Gasteiger partial charge in [-0.1, -0.05) is 23.7 Å². The molecule has 5 nitrogen and oxygen atoms in total. The van der Waals surface area contributed by atoms with Gasteiger partial charge in [-0.3, -0.25) is 4.79 Å². The molecule has 24 heavy (non-hydrogen) atoms. The quantitative estimate of drug-likeness (QED) is 0.685. The molecule has 2 aromatic rings. The summed E-state index contributed by atoms with van der Waals surface area (Å²) in [6, 6.07) is 10.8. The molecule has 0 aromatic heterocycles. The molecule has 0 saturated carbocycles. The van der Waals surface area contributed by atoms with Gasteiger partial charge in [-0.05, 0) is 49.2 Å². The molecule has 1 aliphatic heterocycles. The number of carbonyl (C=O) groups excluding carboxylic acids is 2. The molecule has 0 unspecified atom stereocenters. The Morgan fingerprint density at radius 1 is 1.25 bits per heavy atom. The van der Waals surface area contributed by atoms with Crippen LogP contribution in [0.25, 0.3) is 0 Å². The van der Waals surface area contributed by atoms with Gasteiger partial charge in [0.2, 0.25) is 5.91 Å². The molecule has 1 N–H and O–H groups in total. The molecule has 0 spiro atoms. The van der Waals surface area contributed by atoms with Crippen molar-refractivity contribution in [3.05, 3.63) is 52.5 Å². The van der Waals surface area contributed by atoms with E-state index in [-0.39, 0.29) is 25.0 Å². The summed E-state index contributed by atoms with van der Waals surface area (Å²) in [5, 5.41) is 3.39. The van der Waals surface area contributed by atoms with Gasteiger partial charge in [0, 0.05) is 10.7 Å². The molecule has 1 amide bonds. The number of halogens is 1. The summed E-state index contributed by atoms with van der Waals surface area (Å²) in [6.07, 6.45) is 0. The number of anilines is 2. The van der Waals surface area contributed by atoms with Crippen molar-refractivity contribution >= 4 is 34.9 Å². The fourth-order valence-corrected chi connectivity index (χ4v) is 2.72. The van der Waals surface area contributed by atoms with E-state index < -0.39 is 0 Å². The van der Waals surface area contributed by atoms with Gasteiger partial charge in [0.15, 0.2) is 5.75 Å². The minimum Gasteiger partial charge on any atom is -0.423 e. The van der Waals surface area contributed by atoms with Crippen molar-refractivity contribution in [1.29, 1.82) is 0 Å². The number of nitrogens with one attached hydrogen (secondary N) is 1. The van der Waals surface area contributed by atoms with Crippen molar-refractivity contribution in [2.45, 2.75) is 13.8 Å². The molecule has 1 aliphatic rings. The van der Waals surface area contributed by atoms with E-state index in [1.807, 2.05) is 32.0 Å². The van der Waals surface area contributed by atoms with Gasteiger partial charge in [-0.2, -0.15) is 0 Å². The van der Waals surface area contributed by atoms with E-state index >= 15 is 0 Å². The minimum atomic E-state index is -0.377. The number of hydrogen-bond donors (Lipinski definition) is 1. The van der Waals surface area contributed by atoms with E-state index in [2.05, 4.69) is 5.32 Å². The van der Waals surface area contributed by atoms with Crippen LogP contribution in [0.2, 0.25) is 5.02 Å². The van der Waals surface area contributed by atoms with Crippen LogP contribution in [0.3, 0.4) is 0 Å². The standard InChI is InChI=1S/C18H17ClN2O3/c1-11-3-6-16-15(7-11)21(10-18(23)24-16)9-17(22)20-13-5-4-12(2)14(19)8-13/h3-8H,9-10H2,1-2H3,(H,20,22). The molecule has 0 fully saturated rings. The predicted molar refractivity (Wildman–Crippen MR) is 93.8 cm³/mol. The van der Waals surface area contributed by atoms with Crippen molar-refractivity contribution < 1.29 is 14.3 Å². The Balaban J connectivity index is 1.76. The van der Waals surface area contributed by atoms with Crippen LogP contribution in [0.5, 0.6) is 5.75 Å². The monoisotopic (exact) mass is 344 g/mol. The van der Waals surface area contributed by atoms with Gasteiger partial charge in [-0.15, -0.1) is 0 Å². The summed E-state index contributed by atoms with van der Waals surface area (Å²) in [5.41, 5.74) is 3.34. The highest BCUT2D eigenvalue weighted by Crippen LogP contribution is 2.32. The molecule has 0 aliphatic carbocycles. The smallest absolute Gasteiger partial charge is 0.331 e. The maximum absolute atomic E-state index is 12.3. The zero-order valence-corrected chi connectivity index (χ0v) is 14.2. The topological polar surface area (TPSA) is 58.6 Å². The molecule has 6 heteroatoms. The Hall–Kier alpha value is -2.53. The SMILES string of the molecule is Cc1ccc2c(c1)N(CC(=O)Nc1ccc(C)c(Cl)c1)CC(=O)O2. The van der Waals surface area contributed by atoms with Gasteiger partial charge >= 0.3 is 5.97 Å². The lowest BCUT2D eigenvalue weighted by Crippen LogP contribution is -2.41. The normalized spacial score (nSPS) is 13.3. The summed E-state index contributed by atoms with van der Waals surface area (Å²) in [7, 11) is 0. The third kappa shape index (κ3) is 3.51. The van der Waals surface area contributed by atoms with E-state index in [0.717, 1.165) is 16.8 Å². The van der Waals surface area contributed by atoms with Crippen LogP contribution in [0.1, 0.15) is 11.1 Å². The molecular weight excluding hydrogens is 328 g/mol. The Bertz CT molecular complexity index is 820. The zero-order chi connectivity index (χ0) is 17.3. The number of fused-ring (bicyclic) bond motifs is 1. The number of rotatable bonds is 3. The third-order valence-electron chi connectivity index (χ3n) is 3.79. The van der Waals surface area contributed by atoms with E-state index in [0.29, 0.717) is 16.5 Å². The second-order valence-electron chi connectivity index (χ2n) is 5.81. The average molecular weight is 345 g/mol. The highest BCUT2D eigenvalue weighted by Gasteiger charge is 2.25. The van der Waals surface area contributed by atoms with E-state index in [1.54, 1.807) is 23.1 Å². The summed E-state index contributed by atoms with van der Waals surface area (Å²) in [6.45, 7) is 3.94. The molecule has 0 atom stereocenters. The molecule has 124 valence electrons. The first-order chi connectivity index (χ1) is 11.4. The fraction of sp³-hybridized carbons (Fsp3) is 0.222. The summed E-state index contributed by atoms with van der Waals surface area (Å²) < 4.78 is 5.22. The maximum atomic E-state index is 12.3. The first kappa shape index (κ1) is 16.3. The molecule has 0 saturated heterocycles. The van der Waals surface area contributed by atoms with Crippen LogP contribution < -0.4 is 15.0 Å². The molecular formula is C18H17ClN2O3. The second-order valence-corrected chi connectivity index (χ2v) is 6.22. The minimum absolute atomic E-state index is 0.0402. The highest BCUT2D eigenvalue weighted by molar-refractivity contribution is 6.31. The number of amides is 1. The molecule has 3 rings (SSSR count). The number of hydrogen-bond acceptors (Lipinski definition) is 4. The van der Waals surface area contributed by atoms with Crippen LogP contribution in [-0.2, 0) is 9.59 Å². The van der Waals surface area contributed by atoms with Gasteiger partial charge in [0.05, 0.1) is 12.2 Å². The predicted octanol–water partition coefficient (Wildman–Crippen LogP) is 3.32. The van der Waals surface area contributed by atoms with Gasteiger partial charge in [-0.25, -0.2) is 4.79 Å². The Morgan fingerprint density at radius 3 is 2.79 bits per heavy atom. The number of aryl methyl sites for hydroxylation is 2. The van der Waals surface area contributed by atoms with Crippen LogP contribution >= 0.6 is 11.6 Å². The summed E-state index contributed by atoms with van der Waals surface area (Å²) in [5.74, 6) is -0.127. The van der Waals surface area contributed by atoms with E-state index in [4.69, 9.17) is 16.3 Å². The number of benzene rings is 2. The molecule has 2 aromatic carbocycles. The van der Waals surface area contributed by atoms with Crippen molar-refractivity contribution in [1.82, 2.24) is 0 Å². The highest BCUT2D eigenvalue weighted by atomic mass is 35.5. The van der Waals surface area contributed by atoms with Crippen LogP contribution in [-0.4, -0.2) is 25.0 Å². The van der Waals surface area contributed by atoms with Gasteiger partial charge in [0.1, 0.15) is 6.54 Å². The second kappa shape index (κ2) is 6.53. The Labute approximate surface area is 145 Å². The fourth-order valence-electron chi connectivity index (χ4n) is 2.54. The first-order valence-electron chi connectivity index (χ1n) is 7.54. The molecule has 0 radical (unpaired) electrons. The lowest BCUT2D eigenvalue weighted by atomic mass is 10.1. The van der Waals surface area contributed by atoms with E-state index in [9.17, 15) is 9.59 Å². The molecule has 0 bridgehead atoms. The lowest BCUT2D eigenvalue weighted by molar-refractivity contribution is -0.133. The van der Waals surface area contributed by atoms with Crippen molar-refractivity contribution in [3.63, 3.8) is 0 Å². The van der Waals surface area contributed by atoms with Gasteiger partial charge < -0.3 is 15.0 Å². The third-order valence-corrected chi connectivity index (χ3v) is 4.20. The number of carbonyl (C=O) groups is 2. The number of esters is 1. The zero-order valence-electron chi connectivity index (χ0n) is 13.4. The molecule has 1 heterocycles.